The lowest BCUT2D eigenvalue weighted by Crippen LogP contribution is -2.06. The summed E-state index contributed by atoms with van der Waals surface area (Å²) in [7, 11) is 0. The van der Waals surface area contributed by atoms with Gasteiger partial charge in [-0.2, -0.15) is 5.10 Å². The molecule has 4 rings (SSSR count). The molecule has 0 aliphatic rings. The number of hydrogen-bond donors (Lipinski definition) is 2. The van der Waals surface area contributed by atoms with Crippen LogP contribution < -0.4 is 9.88 Å². The van der Waals surface area contributed by atoms with E-state index in [1.165, 1.54) is 28.6 Å². The van der Waals surface area contributed by atoms with Gasteiger partial charge in [-0.25, -0.2) is 0 Å². The lowest BCUT2D eigenvalue weighted by Gasteiger charge is -2.14. The van der Waals surface area contributed by atoms with Crippen LogP contribution >= 0.6 is 11.9 Å². The number of aromatic nitrogens is 2. The van der Waals surface area contributed by atoms with Crippen molar-refractivity contribution in [3.8, 4) is 17.0 Å². The van der Waals surface area contributed by atoms with Crippen LogP contribution in [0.4, 0.5) is 0 Å². The fraction of sp³-hybridized carbons (Fsp3) is 0.240. The first kappa shape index (κ1) is 20.5. The van der Waals surface area contributed by atoms with Gasteiger partial charge >= 0.3 is 0 Å². The van der Waals surface area contributed by atoms with Gasteiger partial charge in [0.2, 0.25) is 0 Å². The van der Waals surface area contributed by atoms with Gasteiger partial charge in [-0.3, -0.25) is 10.2 Å². The molecule has 30 heavy (non-hydrogen) atoms. The summed E-state index contributed by atoms with van der Waals surface area (Å²) in [6.07, 6.45) is 3.01. The van der Waals surface area contributed by atoms with E-state index in [1.807, 2.05) is 24.3 Å². The van der Waals surface area contributed by atoms with Crippen molar-refractivity contribution >= 4 is 22.9 Å². The molecule has 4 nitrogen and oxygen atoms in total. The molecule has 0 saturated heterocycles. The summed E-state index contributed by atoms with van der Waals surface area (Å²) in [5.41, 5.74) is 7.22. The molecule has 3 aromatic carbocycles. The first-order valence-corrected chi connectivity index (χ1v) is 11.3. The van der Waals surface area contributed by atoms with E-state index >= 15 is 0 Å². The summed E-state index contributed by atoms with van der Waals surface area (Å²) in [5, 5.41) is 14.4. The van der Waals surface area contributed by atoms with Gasteiger partial charge in [0.1, 0.15) is 11.4 Å². The van der Waals surface area contributed by atoms with Crippen molar-refractivity contribution in [2.75, 3.05) is 6.61 Å². The molecule has 0 aliphatic carbocycles. The Labute approximate surface area is 182 Å². The third kappa shape index (κ3) is 4.23. The third-order valence-corrected chi connectivity index (χ3v) is 6.06. The van der Waals surface area contributed by atoms with Crippen molar-refractivity contribution in [3.63, 3.8) is 0 Å². The quantitative estimate of drug-likeness (QED) is 0.348. The summed E-state index contributed by atoms with van der Waals surface area (Å²) in [6, 6.07) is 20.8. The molecule has 0 unspecified atom stereocenters. The maximum Gasteiger partial charge on any atom is 0.120 e. The van der Waals surface area contributed by atoms with E-state index in [9.17, 15) is 0 Å². The molecule has 4 aromatic rings. The number of benzene rings is 3. The predicted octanol–water partition coefficient (Wildman–Crippen LogP) is 5.94. The van der Waals surface area contributed by atoms with Gasteiger partial charge in [-0.1, -0.05) is 44.2 Å². The van der Waals surface area contributed by atoms with Crippen LogP contribution in [-0.4, -0.2) is 16.8 Å². The maximum atomic E-state index is 6.16. The molecule has 3 N–H and O–H groups in total. The Morgan fingerprint density at radius 2 is 1.73 bits per heavy atom. The largest absolute Gasteiger partial charge is 0.493 e. The number of aryl methyl sites for hydroxylation is 2. The number of hydrogen-bond acceptors (Lipinski definition) is 4. The van der Waals surface area contributed by atoms with Crippen LogP contribution in [0.2, 0.25) is 0 Å². The number of rotatable bonds is 8. The van der Waals surface area contributed by atoms with E-state index in [4.69, 9.17) is 9.88 Å². The van der Waals surface area contributed by atoms with E-state index in [0.717, 1.165) is 52.1 Å². The predicted molar refractivity (Wildman–Crippen MR) is 126 cm³/mol. The SMILES string of the molecule is CCc1cccc(CC)c1CCOc1ccc2[nH]nc(-c3cccc(SN)c3)c2c1. The summed E-state index contributed by atoms with van der Waals surface area (Å²) < 4.78 is 6.16. The number of fused-ring (bicyclic) bond motifs is 1. The smallest absolute Gasteiger partial charge is 0.120 e. The van der Waals surface area contributed by atoms with Crippen molar-refractivity contribution < 1.29 is 4.74 Å². The number of nitrogens with two attached hydrogens (primary N) is 1. The number of nitrogens with zero attached hydrogens (tertiary/aromatic N) is 1. The van der Waals surface area contributed by atoms with Gasteiger partial charge in [0.15, 0.2) is 0 Å². The standard InChI is InChI=1S/C25H27N3OS/c1-3-17-7-5-8-18(4-2)22(17)13-14-29-20-11-12-24-23(16-20)25(28-27-24)19-9-6-10-21(15-19)30-26/h5-12,15-16H,3-4,13-14,26H2,1-2H3,(H,27,28). The highest BCUT2D eigenvalue weighted by molar-refractivity contribution is 7.97. The van der Waals surface area contributed by atoms with Crippen LogP contribution in [0, 0.1) is 0 Å². The average Bonchev–Trinajstić information content (AvgIpc) is 3.22. The van der Waals surface area contributed by atoms with Gasteiger partial charge in [-0.15, -0.1) is 0 Å². The van der Waals surface area contributed by atoms with E-state index in [1.54, 1.807) is 0 Å². The first-order valence-electron chi connectivity index (χ1n) is 10.4. The highest BCUT2D eigenvalue weighted by Gasteiger charge is 2.11. The monoisotopic (exact) mass is 417 g/mol. The zero-order chi connectivity index (χ0) is 20.9. The van der Waals surface area contributed by atoms with Crippen molar-refractivity contribution in [3.05, 3.63) is 77.4 Å². The van der Waals surface area contributed by atoms with Crippen molar-refractivity contribution in [2.24, 2.45) is 5.14 Å². The molecule has 1 heterocycles. The Morgan fingerprint density at radius 1 is 0.967 bits per heavy atom. The van der Waals surface area contributed by atoms with E-state index < -0.39 is 0 Å². The molecule has 1 aromatic heterocycles. The van der Waals surface area contributed by atoms with Gasteiger partial charge in [-0.05, 0) is 71.8 Å². The normalized spacial score (nSPS) is 11.2. The van der Waals surface area contributed by atoms with Crippen molar-refractivity contribution in [1.82, 2.24) is 10.2 Å². The topological polar surface area (TPSA) is 63.9 Å². The Kier molecular flexibility index (Phi) is 6.41. The van der Waals surface area contributed by atoms with Crippen molar-refractivity contribution in [2.45, 2.75) is 38.0 Å². The molecule has 5 heteroatoms. The zero-order valence-electron chi connectivity index (χ0n) is 17.4. The Balaban J connectivity index is 1.55. The minimum atomic E-state index is 0.655. The Bertz CT molecular complexity index is 1130. The Hall–Kier alpha value is -2.76. The lowest BCUT2D eigenvalue weighted by molar-refractivity contribution is 0.321. The zero-order valence-corrected chi connectivity index (χ0v) is 18.3. The second kappa shape index (κ2) is 9.37. The van der Waals surface area contributed by atoms with Gasteiger partial charge in [0, 0.05) is 22.3 Å². The molecule has 0 saturated carbocycles. The van der Waals surface area contributed by atoms with Crippen LogP contribution in [0.1, 0.15) is 30.5 Å². The summed E-state index contributed by atoms with van der Waals surface area (Å²) >= 11 is 1.24. The first-order chi connectivity index (χ1) is 14.7. The van der Waals surface area contributed by atoms with E-state index in [0.29, 0.717) is 6.61 Å². The van der Waals surface area contributed by atoms with Gasteiger partial charge in [0.25, 0.3) is 0 Å². The molecular formula is C25H27N3OS. The number of nitrogens with one attached hydrogen (secondary N) is 1. The molecule has 0 fully saturated rings. The number of H-pyrrole nitrogens is 1. The van der Waals surface area contributed by atoms with Crippen LogP contribution in [0.25, 0.3) is 22.2 Å². The molecule has 0 radical (unpaired) electrons. The van der Waals surface area contributed by atoms with E-state index in [-0.39, 0.29) is 0 Å². The second-order valence-corrected chi connectivity index (χ2v) is 7.99. The van der Waals surface area contributed by atoms with Gasteiger partial charge < -0.3 is 4.74 Å². The molecule has 0 aliphatic heterocycles. The molecule has 0 atom stereocenters. The molecule has 0 spiro atoms. The summed E-state index contributed by atoms with van der Waals surface area (Å²) in [6.45, 7) is 5.08. The molecule has 0 amide bonds. The van der Waals surface area contributed by atoms with Crippen LogP contribution in [0.5, 0.6) is 5.75 Å². The summed E-state index contributed by atoms with van der Waals surface area (Å²) in [4.78, 5) is 1.01. The highest BCUT2D eigenvalue weighted by atomic mass is 32.2. The van der Waals surface area contributed by atoms with Crippen LogP contribution in [0.3, 0.4) is 0 Å². The lowest BCUT2D eigenvalue weighted by atomic mass is 9.95. The molecule has 154 valence electrons. The van der Waals surface area contributed by atoms with Crippen LogP contribution in [0.15, 0.2) is 65.6 Å². The maximum absolute atomic E-state index is 6.16. The fourth-order valence-corrected chi connectivity index (χ4v) is 4.31. The minimum absolute atomic E-state index is 0.655. The van der Waals surface area contributed by atoms with E-state index in [2.05, 4.69) is 60.4 Å². The highest BCUT2D eigenvalue weighted by Crippen LogP contribution is 2.31. The van der Waals surface area contributed by atoms with Crippen molar-refractivity contribution in [1.29, 1.82) is 0 Å². The average molecular weight is 418 g/mol. The number of aromatic amines is 1. The van der Waals surface area contributed by atoms with Gasteiger partial charge in [0.05, 0.1) is 12.1 Å². The third-order valence-electron chi connectivity index (χ3n) is 5.53. The molecular weight excluding hydrogens is 390 g/mol. The summed E-state index contributed by atoms with van der Waals surface area (Å²) in [5.74, 6) is 0.863. The number of ether oxygens (including phenoxy) is 1. The van der Waals surface area contributed by atoms with Crippen LogP contribution in [-0.2, 0) is 19.3 Å². The second-order valence-electron chi connectivity index (χ2n) is 7.29. The fourth-order valence-electron chi connectivity index (χ4n) is 3.96. The minimum Gasteiger partial charge on any atom is -0.493 e. The Morgan fingerprint density at radius 3 is 2.47 bits per heavy atom. The molecule has 0 bridgehead atoms.